The molecule has 20 heavy (non-hydrogen) atoms. The van der Waals surface area contributed by atoms with Gasteiger partial charge in [0.15, 0.2) is 5.82 Å². The summed E-state index contributed by atoms with van der Waals surface area (Å²) in [5, 5.41) is 4.23. The molecule has 0 atom stereocenters. The Morgan fingerprint density at radius 3 is 2.90 bits per heavy atom. The first-order chi connectivity index (χ1) is 9.70. The summed E-state index contributed by atoms with van der Waals surface area (Å²) < 4.78 is 2.42. The molecule has 1 saturated carbocycles. The van der Waals surface area contributed by atoms with Crippen LogP contribution >= 0.6 is 15.9 Å². The largest absolute Gasteiger partial charge is 0.304 e. The highest BCUT2D eigenvalue weighted by Crippen LogP contribution is 2.35. The van der Waals surface area contributed by atoms with Crippen molar-refractivity contribution in [2.75, 3.05) is 0 Å². The third kappa shape index (κ3) is 2.32. The number of rotatable bonds is 3. The molecule has 6 heteroatoms. The zero-order valence-corrected chi connectivity index (χ0v) is 13.0. The number of aryl methyl sites for hydroxylation is 1. The monoisotopic (exact) mass is 336 g/mol. The van der Waals surface area contributed by atoms with Gasteiger partial charge in [-0.2, -0.15) is 5.10 Å². The van der Waals surface area contributed by atoms with Crippen LogP contribution in [0.4, 0.5) is 0 Å². The van der Waals surface area contributed by atoms with Crippen LogP contribution in [0.3, 0.4) is 0 Å². The lowest BCUT2D eigenvalue weighted by Crippen LogP contribution is -2.16. The van der Waals surface area contributed by atoms with Gasteiger partial charge in [-0.25, -0.2) is 4.98 Å². The van der Waals surface area contributed by atoms with E-state index < -0.39 is 0 Å². The van der Waals surface area contributed by atoms with Crippen molar-refractivity contribution >= 4 is 15.9 Å². The summed E-state index contributed by atoms with van der Waals surface area (Å²) in [5.74, 6) is 1.00. The molecule has 0 radical (unpaired) electrons. The number of hydrogen-bond donors (Lipinski definition) is 1. The van der Waals surface area contributed by atoms with Gasteiger partial charge in [0.1, 0.15) is 10.2 Å². The molecule has 3 rings (SSSR count). The van der Waals surface area contributed by atoms with Crippen LogP contribution in [0.15, 0.2) is 21.5 Å². The maximum Gasteiger partial charge on any atom is 0.265 e. The van der Waals surface area contributed by atoms with E-state index in [-0.39, 0.29) is 5.56 Å². The molecular formula is C14H17BrN4O. The van der Waals surface area contributed by atoms with Crippen LogP contribution in [-0.4, -0.2) is 19.7 Å². The number of halogens is 1. The maximum absolute atomic E-state index is 12.1. The summed E-state index contributed by atoms with van der Waals surface area (Å²) in [7, 11) is 0. The predicted octanol–water partition coefficient (Wildman–Crippen LogP) is 3.07. The maximum atomic E-state index is 12.1. The molecule has 0 bridgehead atoms. The second kappa shape index (κ2) is 5.52. The molecule has 0 aromatic carbocycles. The van der Waals surface area contributed by atoms with Crippen LogP contribution in [0.1, 0.15) is 44.2 Å². The Bertz CT molecular complexity index is 670. The van der Waals surface area contributed by atoms with Gasteiger partial charge in [0.05, 0.1) is 5.69 Å². The quantitative estimate of drug-likeness (QED) is 0.936. The molecule has 0 amide bonds. The number of aromatic amines is 1. The van der Waals surface area contributed by atoms with E-state index in [2.05, 4.69) is 26.0 Å². The first kappa shape index (κ1) is 13.5. The number of nitrogens with one attached hydrogen (secondary N) is 1. The van der Waals surface area contributed by atoms with Gasteiger partial charge >= 0.3 is 0 Å². The van der Waals surface area contributed by atoms with Crippen LogP contribution in [0.2, 0.25) is 0 Å². The van der Waals surface area contributed by atoms with Crippen molar-refractivity contribution in [2.24, 2.45) is 0 Å². The third-order valence-electron chi connectivity index (χ3n) is 3.89. The Labute approximate surface area is 125 Å². The Hall–Kier alpha value is -1.43. The highest BCUT2D eigenvalue weighted by atomic mass is 79.9. The topological polar surface area (TPSA) is 63.6 Å². The average Bonchev–Trinajstić information content (AvgIpc) is 3.11. The van der Waals surface area contributed by atoms with Gasteiger partial charge in [0, 0.05) is 18.7 Å². The minimum atomic E-state index is -0.110. The van der Waals surface area contributed by atoms with Gasteiger partial charge in [-0.05, 0) is 41.8 Å². The first-order valence-corrected chi connectivity index (χ1v) is 7.82. The Morgan fingerprint density at radius 2 is 2.20 bits per heavy atom. The van der Waals surface area contributed by atoms with Crippen LogP contribution in [-0.2, 0) is 6.54 Å². The van der Waals surface area contributed by atoms with Gasteiger partial charge in [0.25, 0.3) is 5.56 Å². The van der Waals surface area contributed by atoms with E-state index in [1.165, 1.54) is 12.8 Å². The Morgan fingerprint density at radius 1 is 1.45 bits per heavy atom. The van der Waals surface area contributed by atoms with Gasteiger partial charge < -0.3 is 4.98 Å². The van der Waals surface area contributed by atoms with E-state index >= 15 is 0 Å². The van der Waals surface area contributed by atoms with Crippen molar-refractivity contribution in [1.82, 2.24) is 19.7 Å². The summed E-state index contributed by atoms with van der Waals surface area (Å²) in [5.41, 5.74) is 1.64. The molecular weight excluding hydrogens is 320 g/mol. The van der Waals surface area contributed by atoms with Crippen molar-refractivity contribution < 1.29 is 0 Å². The van der Waals surface area contributed by atoms with Crippen molar-refractivity contribution in [3.8, 4) is 11.5 Å². The van der Waals surface area contributed by atoms with E-state index in [1.54, 1.807) is 6.20 Å². The number of aromatic nitrogens is 4. The minimum Gasteiger partial charge on any atom is -0.304 e. The van der Waals surface area contributed by atoms with E-state index in [0.717, 1.165) is 30.8 Å². The smallest absolute Gasteiger partial charge is 0.265 e. The molecule has 2 aromatic heterocycles. The molecule has 0 unspecified atom stereocenters. The Kier molecular flexibility index (Phi) is 3.74. The van der Waals surface area contributed by atoms with Gasteiger partial charge in [-0.3, -0.25) is 9.48 Å². The zero-order chi connectivity index (χ0) is 14.1. The second-order valence-corrected chi connectivity index (χ2v) is 5.92. The van der Waals surface area contributed by atoms with Crippen LogP contribution in [0.5, 0.6) is 0 Å². The number of hydrogen-bond acceptors (Lipinski definition) is 3. The zero-order valence-electron chi connectivity index (χ0n) is 11.4. The fourth-order valence-corrected chi connectivity index (χ4v) is 3.36. The standard InChI is InChI=1S/C14H17BrN4O/c1-2-19-10(7-8-16-19)13-17-12(9-5-3-4-6-9)11(15)14(20)18-13/h7-9H,2-6H2,1H3,(H,17,18,20). The molecule has 2 aromatic rings. The first-order valence-electron chi connectivity index (χ1n) is 7.02. The lowest BCUT2D eigenvalue weighted by Gasteiger charge is -2.12. The average molecular weight is 337 g/mol. The molecule has 0 spiro atoms. The molecule has 0 aliphatic heterocycles. The molecule has 106 valence electrons. The van der Waals surface area contributed by atoms with Crippen molar-refractivity contribution in [1.29, 1.82) is 0 Å². The van der Waals surface area contributed by atoms with E-state index in [4.69, 9.17) is 4.98 Å². The molecule has 2 heterocycles. The molecule has 1 N–H and O–H groups in total. The van der Waals surface area contributed by atoms with Crippen molar-refractivity contribution in [3.63, 3.8) is 0 Å². The summed E-state index contributed by atoms with van der Waals surface area (Å²) in [6.45, 7) is 2.77. The SMILES string of the molecule is CCn1nccc1-c1nc(C2CCCC2)c(Br)c(=O)[nH]1. The van der Waals surface area contributed by atoms with E-state index in [9.17, 15) is 4.79 Å². The number of nitrogens with zero attached hydrogens (tertiary/aromatic N) is 3. The van der Waals surface area contributed by atoms with Crippen molar-refractivity contribution in [2.45, 2.75) is 45.1 Å². The van der Waals surface area contributed by atoms with E-state index in [0.29, 0.717) is 16.2 Å². The molecule has 1 fully saturated rings. The van der Waals surface area contributed by atoms with Gasteiger partial charge in [0.2, 0.25) is 0 Å². The normalized spacial score (nSPS) is 15.9. The summed E-state index contributed by atoms with van der Waals surface area (Å²) in [4.78, 5) is 19.7. The molecule has 1 aliphatic rings. The molecule has 0 saturated heterocycles. The molecule has 1 aliphatic carbocycles. The summed E-state index contributed by atoms with van der Waals surface area (Å²) in [6, 6.07) is 1.88. The third-order valence-corrected chi connectivity index (χ3v) is 4.66. The van der Waals surface area contributed by atoms with Crippen LogP contribution < -0.4 is 5.56 Å². The Balaban J connectivity index is 2.11. The highest BCUT2D eigenvalue weighted by Gasteiger charge is 2.23. The predicted molar refractivity (Wildman–Crippen MR) is 80.7 cm³/mol. The van der Waals surface area contributed by atoms with Crippen LogP contribution in [0, 0.1) is 0 Å². The van der Waals surface area contributed by atoms with Crippen molar-refractivity contribution in [3.05, 3.63) is 32.8 Å². The number of H-pyrrole nitrogens is 1. The van der Waals surface area contributed by atoms with Gasteiger partial charge in [-0.15, -0.1) is 0 Å². The lowest BCUT2D eigenvalue weighted by atomic mass is 10.0. The second-order valence-electron chi connectivity index (χ2n) is 5.13. The van der Waals surface area contributed by atoms with Crippen LogP contribution in [0.25, 0.3) is 11.5 Å². The lowest BCUT2D eigenvalue weighted by molar-refractivity contribution is 0.657. The summed E-state index contributed by atoms with van der Waals surface area (Å²) >= 11 is 3.39. The fraction of sp³-hybridized carbons (Fsp3) is 0.500. The minimum absolute atomic E-state index is 0.110. The van der Waals surface area contributed by atoms with Gasteiger partial charge in [-0.1, -0.05) is 12.8 Å². The summed E-state index contributed by atoms with van der Waals surface area (Å²) in [6.07, 6.45) is 6.39. The van der Waals surface area contributed by atoms with E-state index in [1.807, 2.05) is 17.7 Å². The fourth-order valence-electron chi connectivity index (χ4n) is 2.85. The molecule has 5 nitrogen and oxygen atoms in total. The highest BCUT2D eigenvalue weighted by molar-refractivity contribution is 9.10.